The Balaban J connectivity index is 2.51. The fourth-order valence-corrected chi connectivity index (χ4v) is 1.08. The summed E-state index contributed by atoms with van der Waals surface area (Å²) < 4.78 is 21.5. The Morgan fingerprint density at radius 1 is 1.46 bits per heavy atom. The molecule has 68 valence electrons. The highest BCUT2D eigenvalue weighted by Gasteiger charge is 2.30. The van der Waals surface area contributed by atoms with Crippen LogP contribution in [0.15, 0.2) is 18.2 Å². The minimum atomic E-state index is -1.95. The zero-order chi connectivity index (χ0) is 9.42. The quantitative estimate of drug-likeness (QED) is 0.492. The number of ether oxygens (including phenoxy) is 2. The highest BCUT2D eigenvalue weighted by molar-refractivity contribution is 5.56. The Morgan fingerprint density at radius 3 is 2.92 bits per heavy atom. The van der Waals surface area contributed by atoms with Gasteiger partial charge in [0.2, 0.25) is 5.75 Å². The van der Waals surface area contributed by atoms with Crippen LogP contribution in [-0.4, -0.2) is 11.5 Å². The van der Waals surface area contributed by atoms with E-state index < -0.39 is 11.5 Å². The van der Waals surface area contributed by atoms with Crippen LogP contribution in [0.25, 0.3) is 0 Å². The molecule has 0 amide bonds. The van der Waals surface area contributed by atoms with Crippen molar-refractivity contribution in [2.75, 3.05) is 0 Å². The smallest absolute Gasteiger partial charge is 0.397 e. The highest BCUT2D eigenvalue weighted by Crippen LogP contribution is 2.42. The van der Waals surface area contributed by atoms with E-state index in [1.54, 1.807) is 0 Å². The van der Waals surface area contributed by atoms with Crippen LogP contribution in [0.3, 0.4) is 0 Å². The average Bonchev–Trinajstić information content (AvgIpc) is 2.43. The number of hydrogen-bond acceptors (Lipinski definition) is 4. The molecule has 0 saturated heterocycles. The number of alkyl halides is 1. The Bertz CT molecular complexity index is 368. The second kappa shape index (κ2) is 2.58. The SMILES string of the molecule is O=[N+]([O-])c1cccc2c1OC(F)O2. The van der Waals surface area contributed by atoms with E-state index in [1.165, 1.54) is 18.2 Å². The molecule has 0 aliphatic carbocycles. The summed E-state index contributed by atoms with van der Waals surface area (Å²) in [4.78, 5) is 9.76. The molecule has 1 aliphatic heterocycles. The number of halogens is 1. The van der Waals surface area contributed by atoms with Crippen LogP contribution in [-0.2, 0) is 0 Å². The van der Waals surface area contributed by atoms with Gasteiger partial charge in [0.25, 0.3) is 0 Å². The molecule has 1 atom stereocenters. The van der Waals surface area contributed by atoms with Crippen molar-refractivity contribution in [1.29, 1.82) is 0 Å². The Kier molecular flexibility index (Phi) is 1.54. The average molecular weight is 185 g/mol. The molecule has 1 aromatic rings. The van der Waals surface area contributed by atoms with Gasteiger partial charge in [-0.05, 0) is 6.07 Å². The maximum atomic E-state index is 12.5. The number of nitro benzene ring substituents is 1. The highest BCUT2D eigenvalue weighted by atomic mass is 19.2. The molecular weight excluding hydrogens is 181 g/mol. The summed E-state index contributed by atoms with van der Waals surface area (Å²) in [6.07, 6.45) is 0. The molecule has 1 heterocycles. The maximum absolute atomic E-state index is 12.5. The Labute approximate surface area is 71.8 Å². The van der Waals surface area contributed by atoms with Gasteiger partial charge in [-0.25, -0.2) is 0 Å². The van der Waals surface area contributed by atoms with Gasteiger partial charge in [0.05, 0.1) is 4.92 Å². The van der Waals surface area contributed by atoms with Gasteiger partial charge in [-0.2, -0.15) is 4.39 Å². The normalized spacial score (nSPS) is 18.7. The number of hydrogen-bond donors (Lipinski definition) is 0. The number of nitro groups is 1. The van der Waals surface area contributed by atoms with Gasteiger partial charge >= 0.3 is 12.2 Å². The van der Waals surface area contributed by atoms with Crippen molar-refractivity contribution in [3.05, 3.63) is 28.3 Å². The molecule has 0 fully saturated rings. The summed E-state index contributed by atoms with van der Waals surface area (Å²) >= 11 is 0. The minimum absolute atomic E-state index is 0.0571. The summed E-state index contributed by atoms with van der Waals surface area (Å²) in [6.45, 7) is -1.95. The molecule has 0 bridgehead atoms. The van der Waals surface area contributed by atoms with Crippen LogP contribution in [0.2, 0.25) is 0 Å². The standard InChI is InChI=1S/C7H4FNO4/c8-7-12-5-3-1-2-4(9(10)11)6(5)13-7/h1-3,7H. The third-order valence-corrected chi connectivity index (χ3v) is 1.58. The van der Waals surface area contributed by atoms with Crippen molar-refractivity contribution in [1.82, 2.24) is 0 Å². The first-order valence-corrected chi connectivity index (χ1v) is 3.43. The van der Waals surface area contributed by atoms with E-state index in [1.807, 2.05) is 0 Å². The molecule has 1 aromatic carbocycles. The van der Waals surface area contributed by atoms with Crippen molar-refractivity contribution in [3.8, 4) is 11.5 Å². The fourth-order valence-electron chi connectivity index (χ4n) is 1.08. The summed E-state index contributed by atoms with van der Waals surface area (Å²) in [5, 5.41) is 10.4. The topological polar surface area (TPSA) is 61.6 Å². The van der Waals surface area contributed by atoms with Gasteiger partial charge < -0.3 is 9.47 Å². The Hall–Kier alpha value is -1.85. The number of rotatable bonds is 1. The van der Waals surface area contributed by atoms with Gasteiger partial charge in [-0.3, -0.25) is 10.1 Å². The molecule has 1 aliphatic rings. The molecule has 2 rings (SSSR count). The van der Waals surface area contributed by atoms with E-state index in [0.717, 1.165) is 0 Å². The predicted molar refractivity (Wildman–Crippen MR) is 39.2 cm³/mol. The van der Waals surface area contributed by atoms with Gasteiger partial charge in [0, 0.05) is 6.07 Å². The molecule has 0 radical (unpaired) electrons. The van der Waals surface area contributed by atoms with E-state index in [2.05, 4.69) is 9.47 Å². The van der Waals surface area contributed by atoms with Gasteiger partial charge in [0.1, 0.15) is 0 Å². The van der Waals surface area contributed by atoms with E-state index in [4.69, 9.17) is 0 Å². The molecule has 0 saturated carbocycles. The number of fused-ring (bicyclic) bond motifs is 1. The van der Waals surface area contributed by atoms with E-state index in [-0.39, 0.29) is 17.2 Å². The lowest BCUT2D eigenvalue weighted by atomic mass is 10.3. The van der Waals surface area contributed by atoms with Crippen LogP contribution in [0.4, 0.5) is 10.1 Å². The first kappa shape index (κ1) is 7.78. The minimum Gasteiger partial charge on any atom is -0.425 e. The molecule has 0 N–H and O–H groups in total. The third-order valence-electron chi connectivity index (χ3n) is 1.58. The third kappa shape index (κ3) is 1.16. The van der Waals surface area contributed by atoms with Crippen molar-refractivity contribution in [2.45, 2.75) is 6.54 Å². The van der Waals surface area contributed by atoms with Crippen molar-refractivity contribution < 1.29 is 18.8 Å². The lowest BCUT2D eigenvalue weighted by molar-refractivity contribution is -0.386. The first-order chi connectivity index (χ1) is 6.18. The van der Waals surface area contributed by atoms with Crippen LogP contribution in [0.1, 0.15) is 0 Å². The van der Waals surface area contributed by atoms with Crippen molar-refractivity contribution in [2.24, 2.45) is 0 Å². The lowest BCUT2D eigenvalue weighted by Crippen LogP contribution is -2.09. The van der Waals surface area contributed by atoms with Crippen molar-refractivity contribution in [3.63, 3.8) is 0 Å². The summed E-state index contributed by atoms with van der Waals surface area (Å²) in [7, 11) is 0. The fraction of sp³-hybridized carbons (Fsp3) is 0.143. The second-order valence-corrected chi connectivity index (χ2v) is 2.37. The molecular formula is C7H4FNO4. The molecule has 0 spiro atoms. The zero-order valence-corrected chi connectivity index (χ0v) is 6.27. The maximum Gasteiger partial charge on any atom is 0.397 e. The largest absolute Gasteiger partial charge is 0.425 e. The van der Waals surface area contributed by atoms with Crippen LogP contribution < -0.4 is 9.47 Å². The van der Waals surface area contributed by atoms with Gasteiger partial charge in [-0.15, -0.1) is 0 Å². The molecule has 6 heteroatoms. The summed E-state index contributed by atoms with van der Waals surface area (Å²) in [6, 6.07) is 4.03. The number of benzene rings is 1. The van der Waals surface area contributed by atoms with E-state index in [0.29, 0.717) is 0 Å². The molecule has 0 aromatic heterocycles. The van der Waals surface area contributed by atoms with Crippen LogP contribution in [0, 0.1) is 10.1 Å². The summed E-state index contributed by atoms with van der Waals surface area (Å²) in [5.74, 6) is -0.0956. The van der Waals surface area contributed by atoms with E-state index in [9.17, 15) is 14.5 Å². The predicted octanol–water partition coefficient (Wildman–Crippen LogP) is 1.62. The van der Waals surface area contributed by atoms with Gasteiger partial charge in [-0.1, -0.05) is 6.07 Å². The second-order valence-electron chi connectivity index (χ2n) is 2.37. The van der Waals surface area contributed by atoms with Crippen LogP contribution >= 0.6 is 0 Å². The lowest BCUT2D eigenvalue weighted by Gasteiger charge is -1.96. The summed E-state index contributed by atoms with van der Waals surface area (Å²) in [5.41, 5.74) is -0.294. The molecule has 5 nitrogen and oxygen atoms in total. The zero-order valence-electron chi connectivity index (χ0n) is 6.27. The monoisotopic (exact) mass is 185 g/mol. The Morgan fingerprint density at radius 2 is 2.23 bits per heavy atom. The number of nitrogens with zero attached hydrogens (tertiary/aromatic N) is 1. The molecule has 1 unspecified atom stereocenters. The van der Waals surface area contributed by atoms with Crippen LogP contribution in [0.5, 0.6) is 11.5 Å². The van der Waals surface area contributed by atoms with Gasteiger partial charge in [0.15, 0.2) is 5.75 Å². The molecule has 13 heavy (non-hydrogen) atoms. The van der Waals surface area contributed by atoms with Crippen molar-refractivity contribution >= 4 is 5.69 Å². The van der Waals surface area contributed by atoms with E-state index >= 15 is 0 Å². The first-order valence-electron chi connectivity index (χ1n) is 3.43. The number of para-hydroxylation sites is 1.